The van der Waals surface area contributed by atoms with Gasteiger partial charge < -0.3 is 5.11 Å². The SMILES string of the molecule is C[C@@H]1[C@H](C(=O)O)CCCN1Cc1ccc(-c2ccc(Br)cc2)s1. The highest BCUT2D eigenvalue weighted by atomic mass is 79.9. The fourth-order valence-electron chi connectivity index (χ4n) is 3.20. The minimum Gasteiger partial charge on any atom is -0.481 e. The lowest BCUT2D eigenvalue weighted by Gasteiger charge is -2.37. The Hall–Kier alpha value is -1.17. The molecule has 3 nitrogen and oxygen atoms in total. The van der Waals surface area contributed by atoms with Gasteiger partial charge in [-0.1, -0.05) is 28.1 Å². The summed E-state index contributed by atoms with van der Waals surface area (Å²) >= 11 is 5.25. The number of aliphatic carboxylic acids is 1. The van der Waals surface area contributed by atoms with Crippen molar-refractivity contribution in [1.82, 2.24) is 4.90 Å². The average molecular weight is 394 g/mol. The molecule has 0 saturated carbocycles. The molecule has 1 N–H and O–H groups in total. The lowest BCUT2D eigenvalue weighted by molar-refractivity contribution is -0.145. The van der Waals surface area contributed by atoms with Gasteiger partial charge in [0, 0.05) is 26.8 Å². The van der Waals surface area contributed by atoms with Gasteiger partial charge in [0.1, 0.15) is 0 Å². The zero-order valence-electron chi connectivity index (χ0n) is 13.0. The maximum Gasteiger partial charge on any atom is 0.308 e. The molecule has 1 saturated heterocycles. The smallest absolute Gasteiger partial charge is 0.308 e. The third-order valence-electron chi connectivity index (χ3n) is 4.59. The minimum absolute atomic E-state index is 0.0967. The first-order valence-corrected chi connectivity index (χ1v) is 9.47. The Morgan fingerprint density at radius 1 is 1.30 bits per heavy atom. The number of piperidine rings is 1. The van der Waals surface area contributed by atoms with E-state index in [1.165, 1.54) is 15.3 Å². The summed E-state index contributed by atoms with van der Waals surface area (Å²) < 4.78 is 1.08. The van der Waals surface area contributed by atoms with Crippen molar-refractivity contribution < 1.29 is 9.90 Å². The highest BCUT2D eigenvalue weighted by molar-refractivity contribution is 9.10. The van der Waals surface area contributed by atoms with Crippen molar-refractivity contribution in [3.05, 3.63) is 45.7 Å². The van der Waals surface area contributed by atoms with E-state index in [9.17, 15) is 9.90 Å². The van der Waals surface area contributed by atoms with Crippen molar-refractivity contribution in [3.8, 4) is 10.4 Å². The first-order chi connectivity index (χ1) is 11.0. The van der Waals surface area contributed by atoms with Crippen molar-refractivity contribution >= 4 is 33.2 Å². The Morgan fingerprint density at radius 3 is 2.74 bits per heavy atom. The predicted molar refractivity (Wildman–Crippen MR) is 97.7 cm³/mol. The Balaban J connectivity index is 1.71. The van der Waals surface area contributed by atoms with E-state index in [0.29, 0.717) is 0 Å². The van der Waals surface area contributed by atoms with Gasteiger partial charge in [0.15, 0.2) is 0 Å². The highest BCUT2D eigenvalue weighted by Gasteiger charge is 2.32. The van der Waals surface area contributed by atoms with Crippen LogP contribution >= 0.6 is 27.3 Å². The molecule has 2 heterocycles. The Morgan fingerprint density at radius 2 is 2.04 bits per heavy atom. The van der Waals surface area contributed by atoms with Gasteiger partial charge in [-0.25, -0.2) is 0 Å². The third kappa shape index (κ3) is 3.84. The van der Waals surface area contributed by atoms with Crippen LogP contribution in [0.5, 0.6) is 0 Å². The van der Waals surface area contributed by atoms with Crippen molar-refractivity contribution in [2.45, 2.75) is 32.4 Å². The maximum atomic E-state index is 11.4. The second-order valence-corrected chi connectivity index (χ2v) is 8.15. The molecule has 2 aromatic rings. The van der Waals surface area contributed by atoms with Gasteiger partial charge in [0.2, 0.25) is 0 Å². The molecular weight excluding hydrogens is 374 g/mol. The van der Waals surface area contributed by atoms with E-state index in [4.69, 9.17) is 0 Å². The van der Waals surface area contributed by atoms with Crippen LogP contribution < -0.4 is 0 Å². The second-order valence-electron chi connectivity index (χ2n) is 6.07. The molecule has 1 aromatic heterocycles. The molecule has 23 heavy (non-hydrogen) atoms. The quantitative estimate of drug-likeness (QED) is 0.805. The third-order valence-corrected chi connectivity index (χ3v) is 6.23. The van der Waals surface area contributed by atoms with Gasteiger partial charge >= 0.3 is 5.97 Å². The van der Waals surface area contributed by atoms with E-state index in [1.807, 2.05) is 6.92 Å². The molecule has 0 spiro atoms. The number of halogens is 1. The lowest BCUT2D eigenvalue weighted by atomic mass is 9.90. The molecule has 3 rings (SSSR count). The molecule has 0 aliphatic carbocycles. The molecule has 1 aliphatic heterocycles. The summed E-state index contributed by atoms with van der Waals surface area (Å²) in [5.41, 5.74) is 1.22. The van der Waals surface area contributed by atoms with E-state index in [2.05, 4.69) is 57.2 Å². The molecule has 1 aromatic carbocycles. The van der Waals surface area contributed by atoms with Crippen molar-refractivity contribution in [2.24, 2.45) is 5.92 Å². The lowest BCUT2D eigenvalue weighted by Crippen LogP contribution is -2.45. The number of rotatable bonds is 4. The Bertz CT molecular complexity index is 683. The summed E-state index contributed by atoms with van der Waals surface area (Å²) in [5.74, 6) is -0.904. The van der Waals surface area contributed by atoms with Crippen LogP contribution in [-0.2, 0) is 11.3 Å². The molecule has 1 fully saturated rings. The number of hydrogen-bond acceptors (Lipinski definition) is 3. The molecule has 122 valence electrons. The fraction of sp³-hybridized carbons (Fsp3) is 0.389. The zero-order valence-corrected chi connectivity index (χ0v) is 15.4. The number of benzene rings is 1. The molecule has 1 aliphatic rings. The summed E-state index contributed by atoms with van der Waals surface area (Å²) in [5, 5.41) is 9.34. The van der Waals surface area contributed by atoms with Crippen LogP contribution in [0, 0.1) is 5.92 Å². The maximum absolute atomic E-state index is 11.4. The van der Waals surface area contributed by atoms with Crippen LogP contribution in [0.15, 0.2) is 40.9 Å². The molecular formula is C18H20BrNO2S. The summed E-state index contributed by atoms with van der Waals surface area (Å²) in [7, 11) is 0. The van der Waals surface area contributed by atoms with Gasteiger partial charge in [0.25, 0.3) is 0 Å². The minimum atomic E-state index is -0.663. The summed E-state index contributed by atoms with van der Waals surface area (Å²) in [4.78, 5) is 16.2. The monoisotopic (exact) mass is 393 g/mol. The molecule has 0 radical (unpaired) electrons. The van der Waals surface area contributed by atoms with E-state index >= 15 is 0 Å². The van der Waals surface area contributed by atoms with E-state index < -0.39 is 5.97 Å². The fourth-order valence-corrected chi connectivity index (χ4v) is 4.50. The molecule has 0 unspecified atom stereocenters. The van der Waals surface area contributed by atoms with Crippen molar-refractivity contribution in [2.75, 3.05) is 6.54 Å². The normalized spacial score (nSPS) is 22.2. The largest absolute Gasteiger partial charge is 0.481 e. The summed E-state index contributed by atoms with van der Waals surface area (Å²) in [6.45, 7) is 3.86. The number of hydrogen-bond donors (Lipinski definition) is 1. The zero-order chi connectivity index (χ0) is 16.4. The van der Waals surface area contributed by atoms with Crippen LogP contribution in [-0.4, -0.2) is 28.6 Å². The van der Waals surface area contributed by atoms with E-state index in [0.717, 1.165) is 30.4 Å². The van der Waals surface area contributed by atoms with Crippen LogP contribution in [0.25, 0.3) is 10.4 Å². The summed E-state index contributed by atoms with van der Waals surface area (Å²) in [6, 6.07) is 12.8. The van der Waals surface area contributed by atoms with Gasteiger partial charge in [-0.2, -0.15) is 0 Å². The number of likely N-dealkylation sites (tertiary alicyclic amines) is 1. The van der Waals surface area contributed by atoms with Gasteiger partial charge in [-0.3, -0.25) is 9.69 Å². The predicted octanol–water partition coefficient (Wildman–Crippen LogP) is 4.86. The number of carbonyl (C=O) groups is 1. The van der Waals surface area contributed by atoms with E-state index in [-0.39, 0.29) is 12.0 Å². The van der Waals surface area contributed by atoms with Gasteiger partial charge in [-0.15, -0.1) is 11.3 Å². The molecule has 5 heteroatoms. The average Bonchev–Trinajstić information content (AvgIpc) is 2.98. The second kappa shape index (κ2) is 7.16. The molecule has 0 bridgehead atoms. The molecule has 0 amide bonds. The Labute approximate surface area is 149 Å². The van der Waals surface area contributed by atoms with Gasteiger partial charge in [-0.05, 0) is 56.1 Å². The number of carboxylic acid groups (broad SMARTS) is 1. The number of thiophene rings is 1. The van der Waals surface area contributed by atoms with Crippen LogP contribution in [0.4, 0.5) is 0 Å². The van der Waals surface area contributed by atoms with Crippen LogP contribution in [0.3, 0.4) is 0 Å². The first kappa shape index (κ1) is 16.7. The first-order valence-electron chi connectivity index (χ1n) is 7.86. The van der Waals surface area contributed by atoms with Crippen molar-refractivity contribution in [3.63, 3.8) is 0 Å². The number of carboxylic acids is 1. The van der Waals surface area contributed by atoms with Crippen molar-refractivity contribution in [1.29, 1.82) is 0 Å². The van der Waals surface area contributed by atoms with Crippen LogP contribution in [0.2, 0.25) is 0 Å². The highest BCUT2D eigenvalue weighted by Crippen LogP contribution is 2.32. The summed E-state index contributed by atoms with van der Waals surface area (Å²) in [6.07, 6.45) is 1.76. The standard InChI is InChI=1S/C18H20BrNO2S/c1-12-16(18(21)22)3-2-10-20(12)11-15-8-9-17(23-15)13-4-6-14(19)7-5-13/h4-9,12,16H,2-3,10-11H2,1H3,(H,21,22)/t12-,16-/m1/s1. The van der Waals surface area contributed by atoms with Crippen LogP contribution in [0.1, 0.15) is 24.6 Å². The number of nitrogens with zero attached hydrogens (tertiary/aromatic N) is 1. The van der Waals surface area contributed by atoms with E-state index in [1.54, 1.807) is 11.3 Å². The topological polar surface area (TPSA) is 40.5 Å². The Kier molecular flexibility index (Phi) is 5.19. The molecule has 2 atom stereocenters. The van der Waals surface area contributed by atoms with Gasteiger partial charge in [0.05, 0.1) is 5.92 Å².